The number of halogens is 1. The molecule has 1 aromatic heterocycles. The minimum atomic E-state index is -0.728. The van der Waals surface area contributed by atoms with Gasteiger partial charge in [-0.25, -0.2) is 4.98 Å². The number of aromatic nitrogens is 1. The molecular weight excluding hydrogens is 183 g/mol. The number of carbonyl (C=O) groups excluding carboxylic acids is 1. The molecule has 0 atom stereocenters. The first kappa shape index (κ1) is 10.6. The molecule has 76 valence electrons. The molecule has 0 radical (unpaired) electrons. The van der Waals surface area contributed by atoms with Crippen molar-refractivity contribution >= 4 is 5.91 Å². The fourth-order valence-electron chi connectivity index (χ4n) is 0.947. The molecule has 0 fully saturated rings. The van der Waals surface area contributed by atoms with Crippen LogP contribution in [0, 0.1) is 11.9 Å². The van der Waals surface area contributed by atoms with Crippen LogP contribution in [0.4, 0.5) is 4.39 Å². The first-order valence-corrected chi connectivity index (χ1v) is 4.50. The van der Waals surface area contributed by atoms with Crippen molar-refractivity contribution in [1.82, 2.24) is 10.3 Å². The van der Waals surface area contributed by atoms with Gasteiger partial charge >= 0.3 is 0 Å². The summed E-state index contributed by atoms with van der Waals surface area (Å²) < 4.78 is 13.0. The molecule has 0 spiro atoms. The molecule has 14 heavy (non-hydrogen) atoms. The Kier molecular flexibility index (Phi) is 3.56. The van der Waals surface area contributed by atoms with Gasteiger partial charge in [0.25, 0.3) is 5.91 Å². The van der Waals surface area contributed by atoms with E-state index in [1.165, 1.54) is 18.3 Å². The van der Waals surface area contributed by atoms with Crippen LogP contribution in [0.15, 0.2) is 18.3 Å². The minimum absolute atomic E-state index is 0.00634. The molecular formula is C10H13FN2O. The van der Waals surface area contributed by atoms with Gasteiger partial charge in [-0.2, -0.15) is 4.39 Å². The average Bonchev–Trinajstić information content (AvgIpc) is 2.15. The molecule has 1 rings (SSSR count). The number of nitrogens with one attached hydrogen (secondary N) is 1. The van der Waals surface area contributed by atoms with Crippen LogP contribution >= 0.6 is 0 Å². The van der Waals surface area contributed by atoms with Gasteiger partial charge in [0.15, 0.2) is 0 Å². The molecule has 0 aliphatic carbocycles. The molecule has 0 aromatic carbocycles. The second kappa shape index (κ2) is 4.69. The number of pyridine rings is 1. The summed E-state index contributed by atoms with van der Waals surface area (Å²) in [4.78, 5) is 14.8. The molecule has 3 nitrogen and oxygen atoms in total. The Morgan fingerprint density at radius 3 is 2.93 bits per heavy atom. The molecule has 4 heteroatoms. The van der Waals surface area contributed by atoms with Crippen molar-refractivity contribution in [2.75, 3.05) is 6.54 Å². The molecule has 0 aliphatic heterocycles. The number of rotatable bonds is 3. The van der Waals surface area contributed by atoms with E-state index in [4.69, 9.17) is 0 Å². The molecule has 1 amide bonds. The van der Waals surface area contributed by atoms with Crippen LogP contribution in [0.3, 0.4) is 0 Å². The summed E-state index contributed by atoms with van der Waals surface area (Å²) >= 11 is 0. The number of amides is 1. The van der Waals surface area contributed by atoms with E-state index in [-0.39, 0.29) is 5.56 Å². The average molecular weight is 196 g/mol. The van der Waals surface area contributed by atoms with Crippen molar-refractivity contribution in [3.05, 3.63) is 29.8 Å². The Bertz CT molecular complexity index is 326. The summed E-state index contributed by atoms with van der Waals surface area (Å²) in [7, 11) is 0. The van der Waals surface area contributed by atoms with Gasteiger partial charge in [-0.3, -0.25) is 4.79 Å². The number of hydrogen-bond donors (Lipinski definition) is 1. The van der Waals surface area contributed by atoms with E-state index in [1.807, 2.05) is 13.8 Å². The Labute approximate surface area is 82.4 Å². The summed E-state index contributed by atoms with van der Waals surface area (Å²) in [6.45, 7) is 4.48. The molecule has 0 saturated heterocycles. The van der Waals surface area contributed by atoms with Crippen LogP contribution in [0.2, 0.25) is 0 Å². The quantitative estimate of drug-likeness (QED) is 0.746. The highest BCUT2D eigenvalue weighted by Gasteiger charge is 2.11. The summed E-state index contributed by atoms with van der Waals surface area (Å²) in [5.74, 6) is -0.795. The van der Waals surface area contributed by atoms with E-state index in [0.717, 1.165) is 0 Å². The molecule has 1 N–H and O–H groups in total. The topological polar surface area (TPSA) is 42.0 Å². The van der Waals surface area contributed by atoms with E-state index in [1.54, 1.807) is 0 Å². The molecule has 0 unspecified atom stereocenters. The highest BCUT2D eigenvalue weighted by atomic mass is 19.1. The lowest BCUT2D eigenvalue weighted by Crippen LogP contribution is -2.28. The van der Waals surface area contributed by atoms with E-state index in [9.17, 15) is 9.18 Å². The van der Waals surface area contributed by atoms with Crippen molar-refractivity contribution in [3.8, 4) is 0 Å². The maximum atomic E-state index is 13.0. The van der Waals surface area contributed by atoms with Gasteiger partial charge in [0.1, 0.15) is 0 Å². The van der Waals surface area contributed by atoms with Crippen LogP contribution in [0.5, 0.6) is 0 Å². The lowest BCUT2D eigenvalue weighted by atomic mass is 10.2. The predicted molar refractivity (Wildman–Crippen MR) is 51.4 cm³/mol. The van der Waals surface area contributed by atoms with Gasteiger partial charge in [0.2, 0.25) is 5.95 Å². The third-order valence-electron chi connectivity index (χ3n) is 1.67. The van der Waals surface area contributed by atoms with Crippen molar-refractivity contribution in [2.45, 2.75) is 13.8 Å². The van der Waals surface area contributed by atoms with Gasteiger partial charge < -0.3 is 5.32 Å². The summed E-state index contributed by atoms with van der Waals surface area (Å²) in [5.41, 5.74) is -0.00634. The first-order valence-electron chi connectivity index (χ1n) is 4.50. The van der Waals surface area contributed by atoms with Gasteiger partial charge in [-0.15, -0.1) is 0 Å². The third kappa shape index (κ3) is 2.80. The van der Waals surface area contributed by atoms with Crippen LogP contribution in [-0.4, -0.2) is 17.4 Å². The zero-order chi connectivity index (χ0) is 10.6. The van der Waals surface area contributed by atoms with Crippen LogP contribution in [0.1, 0.15) is 24.2 Å². The Morgan fingerprint density at radius 1 is 1.64 bits per heavy atom. The Balaban J connectivity index is 2.65. The van der Waals surface area contributed by atoms with E-state index in [0.29, 0.717) is 12.5 Å². The van der Waals surface area contributed by atoms with Gasteiger partial charge in [0.05, 0.1) is 5.56 Å². The fourth-order valence-corrected chi connectivity index (χ4v) is 0.947. The van der Waals surface area contributed by atoms with Crippen LogP contribution in [-0.2, 0) is 0 Å². The fraction of sp³-hybridized carbons (Fsp3) is 0.400. The normalized spacial score (nSPS) is 10.3. The number of nitrogens with zero attached hydrogens (tertiary/aromatic N) is 1. The maximum absolute atomic E-state index is 13.0. The zero-order valence-corrected chi connectivity index (χ0v) is 8.25. The molecule has 0 saturated carbocycles. The second-order valence-corrected chi connectivity index (χ2v) is 3.45. The Morgan fingerprint density at radius 2 is 2.36 bits per heavy atom. The van der Waals surface area contributed by atoms with Gasteiger partial charge in [-0.1, -0.05) is 13.8 Å². The Hall–Kier alpha value is -1.45. The standard InChI is InChI=1S/C10H13FN2O/c1-7(2)6-13-10(14)8-4-3-5-12-9(8)11/h3-5,7H,6H2,1-2H3,(H,13,14). The van der Waals surface area contributed by atoms with Gasteiger partial charge in [-0.05, 0) is 18.1 Å². The highest BCUT2D eigenvalue weighted by Crippen LogP contribution is 2.02. The summed E-state index contributed by atoms with van der Waals surface area (Å²) in [5, 5.41) is 2.62. The van der Waals surface area contributed by atoms with Crippen molar-refractivity contribution < 1.29 is 9.18 Å². The maximum Gasteiger partial charge on any atom is 0.255 e. The van der Waals surface area contributed by atoms with Crippen molar-refractivity contribution in [1.29, 1.82) is 0 Å². The van der Waals surface area contributed by atoms with Crippen molar-refractivity contribution in [3.63, 3.8) is 0 Å². The number of hydrogen-bond acceptors (Lipinski definition) is 2. The molecule has 1 aromatic rings. The summed E-state index contributed by atoms with van der Waals surface area (Å²) in [6.07, 6.45) is 1.31. The van der Waals surface area contributed by atoms with Crippen LogP contribution < -0.4 is 5.32 Å². The smallest absolute Gasteiger partial charge is 0.255 e. The lowest BCUT2D eigenvalue weighted by Gasteiger charge is -2.07. The monoisotopic (exact) mass is 196 g/mol. The van der Waals surface area contributed by atoms with Gasteiger partial charge in [0, 0.05) is 12.7 Å². The zero-order valence-electron chi connectivity index (χ0n) is 8.25. The van der Waals surface area contributed by atoms with Crippen molar-refractivity contribution in [2.24, 2.45) is 5.92 Å². The third-order valence-corrected chi connectivity index (χ3v) is 1.67. The highest BCUT2D eigenvalue weighted by molar-refractivity contribution is 5.94. The summed E-state index contributed by atoms with van der Waals surface area (Å²) in [6, 6.07) is 2.95. The largest absolute Gasteiger partial charge is 0.352 e. The molecule has 0 bridgehead atoms. The minimum Gasteiger partial charge on any atom is -0.352 e. The van der Waals surface area contributed by atoms with E-state index < -0.39 is 11.9 Å². The molecule has 1 heterocycles. The SMILES string of the molecule is CC(C)CNC(=O)c1cccnc1F. The lowest BCUT2D eigenvalue weighted by molar-refractivity contribution is 0.0944. The van der Waals surface area contributed by atoms with E-state index in [2.05, 4.69) is 10.3 Å². The molecule has 0 aliphatic rings. The van der Waals surface area contributed by atoms with Crippen LogP contribution in [0.25, 0.3) is 0 Å². The predicted octanol–water partition coefficient (Wildman–Crippen LogP) is 1.61. The first-order chi connectivity index (χ1) is 6.61. The second-order valence-electron chi connectivity index (χ2n) is 3.45. The number of carbonyl (C=O) groups is 1. The van der Waals surface area contributed by atoms with E-state index >= 15 is 0 Å².